The second kappa shape index (κ2) is 12.8. The lowest BCUT2D eigenvalue weighted by Gasteiger charge is -2.32. The van der Waals surface area contributed by atoms with Crippen molar-refractivity contribution in [1.29, 1.82) is 0 Å². The van der Waals surface area contributed by atoms with Crippen molar-refractivity contribution >= 4 is 27.5 Å². The first-order valence-electron chi connectivity index (χ1n) is 12.2. The van der Waals surface area contributed by atoms with Gasteiger partial charge in [0.15, 0.2) is 0 Å². The lowest BCUT2D eigenvalue weighted by atomic mass is 10.1. The number of sulfonamides is 1. The van der Waals surface area contributed by atoms with E-state index in [0.717, 1.165) is 11.8 Å². The average molecular weight is 518 g/mol. The summed E-state index contributed by atoms with van der Waals surface area (Å²) in [5.74, 6) is 0.00655. The first-order chi connectivity index (χ1) is 16.8. The first kappa shape index (κ1) is 29.2. The van der Waals surface area contributed by atoms with E-state index in [2.05, 4.69) is 5.32 Å². The van der Waals surface area contributed by atoms with Gasteiger partial charge in [-0.05, 0) is 58.7 Å². The zero-order chi connectivity index (χ0) is 26.9. The quantitative estimate of drug-likeness (QED) is 0.460. The monoisotopic (exact) mass is 517 g/mol. The molecule has 0 saturated heterocycles. The Bertz CT molecular complexity index is 1110. The zero-order valence-corrected chi connectivity index (χ0v) is 23.0. The topological polar surface area (TPSA) is 96.0 Å². The summed E-state index contributed by atoms with van der Waals surface area (Å²) in [5, 5.41) is 2.94. The third-order valence-corrected chi connectivity index (χ3v) is 6.63. The standard InChI is InChI=1S/C27H39N3O5S/c1-7-35-24-17-12-11-16-23(24)30(36(6,33)34)19-13-18-25(31)29(20-22-14-9-8-10-15-22)21(2)26(32)28-27(3,4)5/h8-12,14-17,21H,7,13,18-20H2,1-6H3,(H,28,32)/t21-/m1/s1. The minimum Gasteiger partial charge on any atom is -0.492 e. The molecule has 0 heterocycles. The Morgan fingerprint density at radius 3 is 2.22 bits per heavy atom. The predicted molar refractivity (Wildman–Crippen MR) is 143 cm³/mol. The van der Waals surface area contributed by atoms with Gasteiger partial charge in [0, 0.05) is 25.0 Å². The highest BCUT2D eigenvalue weighted by Gasteiger charge is 2.29. The average Bonchev–Trinajstić information content (AvgIpc) is 2.79. The van der Waals surface area contributed by atoms with Gasteiger partial charge < -0.3 is 15.0 Å². The van der Waals surface area contributed by atoms with E-state index in [-0.39, 0.29) is 37.7 Å². The molecule has 0 aromatic heterocycles. The fourth-order valence-electron chi connectivity index (χ4n) is 3.76. The highest BCUT2D eigenvalue weighted by atomic mass is 32.2. The van der Waals surface area contributed by atoms with Gasteiger partial charge in [-0.25, -0.2) is 8.42 Å². The van der Waals surface area contributed by atoms with E-state index >= 15 is 0 Å². The molecule has 1 N–H and O–H groups in total. The van der Waals surface area contributed by atoms with Gasteiger partial charge in [-0.3, -0.25) is 13.9 Å². The van der Waals surface area contributed by atoms with Gasteiger partial charge in [-0.1, -0.05) is 42.5 Å². The molecule has 0 aliphatic heterocycles. The van der Waals surface area contributed by atoms with E-state index in [4.69, 9.17) is 4.74 Å². The number of para-hydroxylation sites is 2. The van der Waals surface area contributed by atoms with Crippen LogP contribution in [0.25, 0.3) is 0 Å². The number of ether oxygens (including phenoxy) is 1. The number of amides is 2. The molecule has 0 aliphatic rings. The van der Waals surface area contributed by atoms with Crippen LogP contribution in [0.15, 0.2) is 54.6 Å². The molecule has 2 aromatic carbocycles. The number of benzene rings is 2. The first-order valence-corrected chi connectivity index (χ1v) is 14.0. The molecule has 2 rings (SSSR count). The molecule has 36 heavy (non-hydrogen) atoms. The molecule has 0 spiro atoms. The number of carbonyl (C=O) groups is 2. The van der Waals surface area contributed by atoms with Crippen LogP contribution in [0.1, 0.15) is 53.0 Å². The van der Waals surface area contributed by atoms with Crippen molar-refractivity contribution < 1.29 is 22.7 Å². The Morgan fingerprint density at radius 1 is 1.03 bits per heavy atom. The van der Waals surface area contributed by atoms with Crippen LogP contribution in [-0.2, 0) is 26.2 Å². The third-order valence-electron chi connectivity index (χ3n) is 5.45. The van der Waals surface area contributed by atoms with Crippen LogP contribution in [0, 0.1) is 0 Å². The van der Waals surface area contributed by atoms with Crippen LogP contribution >= 0.6 is 0 Å². The number of nitrogens with one attached hydrogen (secondary N) is 1. The Labute approximate surface area is 215 Å². The van der Waals surface area contributed by atoms with Gasteiger partial charge in [0.05, 0.1) is 18.6 Å². The van der Waals surface area contributed by atoms with Crippen molar-refractivity contribution in [1.82, 2.24) is 10.2 Å². The van der Waals surface area contributed by atoms with Crippen molar-refractivity contribution in [2.45, 2.75) is 65.6 Å². The molecule has 2 amide bonds. The summed E-state index contributed by atoms with van der Waals surface area (Å²) in [7, 11) is -3.61. The molecule has 9 heteroatoms. The van der Waals surface area contributed by atoms with Crippen LogP contribution in [-0.4, -0.2) is 56.1 Å². The van der Waals surface area contributed by atoms with E-state index in [1.54, 1.807) is 36.1 Å². The third kappa shape index (κ3) is 8.86. The number of nitrogens with zero attached hydrogens (tertiary/aromatic N) is 2. The normalized spacial score (nSPS) is 12.5. The van der Waals surface area contributed by atoms with Crippen molar-refractivity contribution in [2.75, 3.05) is 23.7 Å². The second-order valence-electron chi connectivity index (χ2n) is 9.76. The number of hydrogen-bond acceptors (Lipinski definition) is 5. The molecule has 0 unspecified atom stereocenters. The van der Waals surface area contributed by atoms with Crippen LogP contribution in [0.2, 0.25) is 0 Å². The molecule has 0 bridgehead atoms. The van der Waals surface area contributed by atoms with Crippen molar-refractivity contribution in [3.8, 4) is 5.75 Å². The summed E-state index contributed by atoms with van der Waals surface area (Å²) >= 11 is 0. The molecule has 0 aliphatic carbocycles. The number of carbonyl (C=O) groups excluding carboxylic acids is 2. The molecular formula is C27H39N3O5S. The summed E-state index contributed by atoms with van der Waals surface area (Å²) in [6, 6.07) is 15.7. The van der Waals surface area contributed by atoms with E-state index in [9.17, 15) is 18.0 Å². The maximum absolute atomic E-state index is 13.3. The fraction of sp³-hybridized carbons (Fsp3) is 0.481. The molecule has 0 saturated carbocycles. The number of hydrogen-bond donors (Lipinski definition) is 1. The van der Waals surface area contributed by atoms with E-state index in [1.807, 2.05) is 58.0 Å². The van der Waals surface area contributed by atoms with Gasteiger partial charge in [0.25, 0.3) is 0 Å². The van der Waals surface area contributed by atoms with Crippen LogP contribution in [0.4, 0.5) is 5.69 Å². The van der Waals surface area contributed by atoms with Crippen LogP contribution < -0.4 is 14.4 Å². The van der Waals surface area contributed by atoms with Crippen molar-refractivity contribution in [3.63, 3.8) is 0 Å². The Hall–Kier alpha value is -3.07. The molecule has 0 radical (unpaired) electrons. The Kier molecular flexibility index (Phi) is 10.3. The fourth-order valence-corrected chi connectivity index (χ4v) is 4.73. The largest absolute Gasteiger partial charge is 0.492 e. The minimum atomic E-state index is -3.61. The number of rotatable bonds is 12. The lowest BCUT2D eigenvalue weighted by Crippen LogP contribution is -2.52. The maximum Gasteiger partial charge on any atom is 0.242 e. The SMILES string of the molecule is CCOc1ccccc1N(CCCC(=O)N(Cc1ccccc1)[C@H](C)C(=O)NC(C)(C)C)S(C)(=O)=O. The smallest absolute Gasteiger partial charge is 0.242 e. The lowest BCUT2D eigenvalue weighted by molar-refractivity contribution is -0.141. The maximum atomic E-state index is 13.3. The zero-order valence-electron chi connectivity index (χ0n) is 22.2. The van der Waals surface area contributed by atoms with Gasteiger partial charge in [0.1, 0.15) is 11.8 Å². The molecule has 0 fully saturated rings. The second-order valence-corrected chi connectivity index (χ2v) is 11.7. The Morgan fingerprint density at radius 2 is 1.64 bits per heavy atom. The summed E-state index contributed by atoms with van der Waals surface area (Å²) in [5.41, 5.74) is 0.912. The Balaban J connectivity index is 2.20. The molecule has 2 aromatic rings. The van der Waals surface area contributed by atoms with Gasteiger partial charge in [-0.15, -0.1) is 0 Å². The van der Waals surface area contributed by atoms with Crippen LogP contribution in [0.3, 0.4) is 0 Å². The summed E-state index contributed by atoms with van der Waals surface area (Å²) in [4.78, 5) is 27.8. The van der Waals surface area contributed by atoms with Gasteiger partial charge >= 0.3 is 0 Å². The number of anilines is 1. The van der Waals surface area contributed by atoms with Crippen LogP contribution in [0.5, 0.6) is 5.75 Å². The van der Waals surface area contributed by atoms with E-state index < -0.39 is 21.6 Å². The summed E-state index contributed by atoms with van der Waals surface area (Å²) in [6.07, 6.45) is 1.51. The molecule has 198 valence electrons. The van der Waals surface area contributed by atoms with Gasteiger partial charge in [-0.2, -0.15) is 0 Å². The summed E-state index contributed by atoms with van der Waals surface area (Å²) < 4.78 is 32.1. The van der Waals surface area contributed by atoms with Crippen molar-refractivity contribution in [2.24, 2.45) is 0 Å². The van der Waals surface area contributed by atoms with Gasteiger partial charge in [0.2, 0.25) is 21.8 Å². The highest BCUT2D eigenvalue weighted by Crippen LogP contribution is 2.30. The van der Waals surface area contributed by atoms with E-state index in [0.29, 0.717) is 18.0 Å². The highest BCUT2D eigenvalue weighted by molar-refractivity contribution is 7.92. The predicted octanol–water partition coefficient (Wildman–Crippen LogP) is 3.96. The molecule has 8 nitrogen and oxygen atoms in total. The summed E-state index contributed by atoms with van der Waals surface area (Å²) in [6.45, 7) is 10.00. The molecular weight excluding hydrogens is 478 g/mol. The minimum absolute atomic E-state index is 0.0861. The van der Waals surface area contributed by atoms with Crippen molar-refractivity contribution in [3.05, 3.63) is 60.2 Å². The van der Waals surface area contributed by atoms with E-state index in [1.165, 1.54) is 4.31 Å². The molecule has 1 atom stereocenters.